The fraction of sp³-hybridized carbons (Fsp3) is 0.429. The van der Waals surface area contributed by atoms with E-state index in [9.17, 15) is 0 Å². The first-order valence-corrected chi connectivity index (χ1v) is 42.8. The average molecular weight is 1390 g/mol. The van der Waals surface area contributed by atoms with Crippen molar-refractivity contribution in [3.05, 3.63) is 295 Å². The maximum Gasteiger partial charge on any atom is 0.0714 e. The van der Waals surface area contributed by atoms with Crippen LogP contribution in [0.1, 0.15) is 323 Å². The molecule has 0 heteroatoms. The van der Waals surface area contributed by atoms with Gasteiger partial charge in [-0.05, 0) is 236 Å². The van der Waals surface area contributed by atoms with Crippen LogP contribution in [0, 0.1) is 13.8 Å². The van der Waals surface area contributed by atoms with E-state index in [2.05, 4.69) is 262 Å². The zero-order valence-corrected chi connectivity index (χ0v) is 66.2. The van der Waals surface area contributed by atoms with Crippen molar-refractivity contribution in [2.45, 2.75) is 290 Å². The molecular formula is C105H126. The van der Waals surface area contributed by atoms with Gasteiger partial charge < -0.3 is 0 Å². The molecular weight excluding hydrogens is 1260 g/mol. The zero-order chi connectivity index (χ0) is 72.6. The van der Waals surface area contributed by atoms with Gasteiger partial charge in [-0.2, -0.15) is 0 Å². The number of fused-ring (bicyclic) bond motifs is 9. The van der Waals surface area contributed by atoms with E-state index in [0.29, 0.717) is 0 Å². The highest BCUT2D eigenvalue weighted by Gasteiger charge is 2.49. The normalized spacial score (nSPS) is 13.9. The lowest BCUT2D eigenvalue weighted by Gasteiger charge is -2.35. The van der Waals surface area contributed by atoms with Crippen molar-refractivity contribution in [2.75, 3.05) is 0 Å². The van der Waals surface area contributed by atoms with Gasteiger partial charge in [0.05, 0.1) is 10.8 Å². The average Bonchev–Trinajstić information content (AvgIpc) is 1.55. The smallest absolute Gasteiger partial charge is 0.0654 e. The van der Waals surface area contributed by atoms with Crippen LogP contribution in [0.25, 0.3) is 55.6 Å². The van der Waals surface area contributed by atoms with Crippen molar-refractivity contribution in [1.29, 1.82) is 0 Å². The van der Waals surface area contributed by atoms with Crippen LogP contribution in [-0.2, 0) is 41.9 Å². The summed E-state index contributed by atoms with van der Waals surface area (Å²) < 4.78 is 0. The molecule has 0 aromatic heterocycles. The van der Waals surface area contributed by atoms with E-state index in [1.165, 1.54) is 326 Å². The Hall–Kier alpha value is -7.80. The van der Waals surface area contributed by atoms with Gasteiger partial charge in [0.2, 0.25) is 0 Å². The van der Waals surface area contributed by atoms with Crippen molar-refractivity contribution >= 4 is 0 Å². The van der Waals surface area contributed by atoms with Crippen molar-refractivity contribution in [1.82, 2.24) is 0 Å². The van der Waals surface area contributed by atoms with Crippen LogP contribution in [0.5, 0.6) is 0 Å². The topological polar surface area (TPSA) is 0 Å². The van der Waals surface area contributed by atoms with Gasteiger partial charge in [-0.25, -0.2) is 0 Å². The van der Waals surface area contributed by atoms with Crippen LogP contribution in [0.4, 0.5) is 0 Å². The Bertz CT molecular complexity index is 4360. The van der Waals surface area contributed by atoms with Crippen molar-refractivity contribution in [3.8, 4) is 55.6 Å². The summed E-state index contributed by atoms with van der Waals surface area (Å²) in [6, 6.07) is 85.6. The fourth-order valence-corrected chi connectivity index (χ4v) is 19.5. The van der Waals surface area contributed by atoms with Gasteiger partial charge >= 0.3 is 0 Å². The molecule has 546 valence electrons. The molecule has 0 saturated heterocycles. The molecule has 13 rings (SSSR count). The summed E-state index contributed by atoms with van der Waals surface area (Å²) in [5.41, 5.74) is 35.1. The minimum atomic E-state index is -0.621. The largest absolute Gasteiger partial charge is 0.0714 e. The van der Waals surface area contributed by atoms with Gasteiger partial charge in [-0.15, -0.1) is 0 Å². The number of rotatable bonds is 40. The predicted octanol–water partition coefficient (Wildman–Crippen LogP) is 30.6. The summed E-state index contributed by atoms with van der Waals surface area (Å²) in [6.45, 7) is 18.7. The highest BCUT2D eigenvalue weighted by Crippen LogP contribution is 2.61. The van der Waals surface area contributed by atoms with Crippen LogP contribution < -0.4 is 0 Å². The lowest BCUT2D eigenvalue weighted by molar-refractivity contribution is 0.398. The van der Waals surface area contributed by atoms with E-state index >= 15 is 0 Å². The van der Waals surface area contributed by atoms with Gasteiger partial charge in [0.25, 0.3) is 0 Å². The Balaban J connectivity index is 1.00. The van der Waals surface area contributed by atoms with Crippen LogP contribution >= 0.6 is 0 Å². The summed E-state index contributed by atoms with van der Waals surface area (Å²) >= 11 is 0. The SMILES string of the molecule is CCCCCCCCC1(CCCCCCCC)c2cc(C)ccc2-c2ccc(-c3ccc4c(c3)C(c3cccc(CCCCCC)c3)(c3cccc(CCCCCC)c3)c3cc(-c5ccc6c(c5)C(c5ccc(CCCCCC)cc5)(c5ccc(CCCCCC)cc5)c5cc(C)ccc5-6)ccc3-4)cc21. The van der Waals surface area contributed by atoms with Gasteiger partial charge in [-0.1, -0.05) is 389 Å². The summed E-state index contributed by atoms with van der Waals surface area (Å²) in [5, 5.41) is 0. The molecule has 0 aliphatic heterocycles. The second kappa shape index (κ2) is 35.7. The molecule has 10 aromatic carbocycles. The molecule has 0 saturated carbocycles. The molecule has 3 aliphatic rings. The van der Waals surface area contributed by atoms with Crippen molar-refractivity contribution in [3.63, 3.8) is 0 Å². The Kier molecular flexibility index (Phi) is 25.7. The summed E-state index contributed by atoms with van der Waals surface area (Å²) in [6.07, 6.45) is 42.8. The second-order valence-electron chi connectivity index (χ2n) is 32.8. The van der Waals surface area contributed by atoms with Crippen LogP contribution in [0.15, 0.2) is 206 Å². The molecule has 0 amide bonds. The van der Waals surface area contributed by atoms with E-state index in [-0.39, 0.29) is 5.41 Å². The van der Waals surface area contributed by atoms with E-state index in [4.69, 9.17) is 0 Å². The number of benzene rings is 10. The Morgan fingerprint density at radius 3 is 0.857 bits per heavy atom. The molecule has 0 bridgehead atoms. The minimum absolute atomic E-state index is 0.0141. The second-order valence-corrected chi connectivity index (χ2v) is 32.8. The molecule has 105 heavy (non-hydrogen) atoms. The Morgan fingerprint density at radius 2 is 0.486 bits per heavy atom. The molecule has 0 atom stereocenters. The maximum absolute atomic E-state index is 2.72. The lowest BCUT2D eigenvalue weighted by Crippen LogP contribution is -2.29. The van der Waals surface area contributed by atoms with Crippen molar-refractivity contribution < 1.29 is 0 Å². The van der Waals surface area contributed by atoms with E-state index in [1.54, 1.807) is 11.1 Å². The third kappa shape index (κ3) is 15.8. The quantitative estimate of drug-likeness (QED) is 0.0336. The van der Waals surface area contributed by atoms with E-state index in [1.807, 2.05) is 0 Å². The monoisotopic (exact) mass is 1390 g/mol. The highest BCUT2D eigenvalue weighted by molar-refractivity contribution is 5.93. The fourth-order valence-electron chi connectivity index (χ4n) is 19.5. The van der Waals surface area contributed by atoms with E-state index in [0.717, 1.165) is 25.7 Å². The first kappa shape index (κ1) is 75.4. The number of hydrogen-bond donors (Lipinski definition) is 0. The molecule has 0 heterocycles. The standard InChI is InChI=1S/C105H126/c1-9-15-21-27-29-35-67-103(68-36-30-28-22-16-10-2)97-69-77(7)47-61-91(97)92-63-53-83(73-98(92)103)84-54-65-95-96-66-56-86(76-102(96)105(101(95)75-84,89-45-37-43-81(71-89)41-33-25-19-13-5)90-46-38-44-82(72-90)42-34-26-20-14-6)85-55-64-94-93-62-48-78(8)70-99(93)104(100(94)74-85,87-57-49-79(50-58-87)39-31-23-17-11-3)88-59-51-80(52-60-88)40-32-24-18-12-4/h37-38,43-66,69-76H,9-36,39-42,67-68H2,1-8H3. The zero-order valence-electron chi connectivity index (χ0n) is 66.2. The summed E-state index contributed by atoms with van der Waals surface area (Å²) in [5.74, 6) is 0. The van der Waals surface area contributed by atoms with Crippen LogP contribution in [0.2, 0.25) is 0 Å². The van der Waals surface area contributed by atoms with Gasteiger partial charge in [0, 0.05) is 5.41 Å². The van der Waals surface area contributed by atoms with Crippen molar-refractivity contribution in [2.24, 2.45) is 0 Å². The molecule has 3 aliphatic carbocycles. The molecule has 10 aromatic rings. The summed E-state index contributed by atoms with van der Waals surface area (Å²) in [7, 11) is 0. The predicted molar refractivity (Wildman–Crippen MR) is 455 cm³/mol. The molecule has 0 unspecified atom stereocenters. The van der Waals surface area contributed by atoms with E-state index < -0.39 is 10.8 Å². The number of aryl methyl sites for hydroxylation is 6. The molecule has 0 radical (unpaired) electrons. The first-order valence-electron chi connectivity index (χ1n) is 42.8. The van der Waals surface area contributed by atoms with Crippen LogP contribution in [0.3, 0.4) is 0 Å². The lowest BCUT2D eigenvalue weighted by atomic mass is 9.66. The molecule has 0 nitrogen and oxygen atoms in total. The van der Waals surface area contributed by atoms with Gasteiger partial charge in [0.1, 0.15) is 0 Å². The molecule has 0 N–H and O–H groups in total. The number of unbranched alkanes of at least 4 members (excludes halogenated alkanes) is 22. The van der Waals surface area contributed by atoms with Crippen LogP contribution in [-0.4, -0.2) is 0 Å². The Morgan fingerprint density at radius 1 is 0.210 bits per heavy atom. The summed E-state index contributed by atoms with van der Waals surface area (Å²) in [4.78, 5) is 0. The number of hydrogen-bond acceptors (Lipinski definition) is 0. The van der Waals surface area contributed by atoms with Gasteiger partial charge in [-0.3, -0.25) is 0 Å². The maximum atomic E-state index is 2.72. The highest BCUT2D eigenvalue weighted by atomic mass is 14.5. The Labute approximate surface area is 636 Å². The minimum Gasteiger partial charge on any atom is -0.0654 e. The third-order valence-corrected chi connectivity index (χ3v) is 25.3. The first-order chi connectivity index (χ1) is 51.6. The third-order valence-electron chi connectivity index (χ3n) is 25.3. The molecule has 0 fully saturated rings. The van der Waals surface area contributed by atoms with Gasteiger partial charge in [0.15, 0.2) is 0 Å². The molecule has 0 spiro atoms.